The molecule has 1 N–H and O–H groups in total. The highest BCUT2D eigenvalue weighted by atomic mass is 16.5. The van der Waals surface area contributed by atoms with Crippen molar-refractivity contribution in [1.82, 2.24) is 24.8 Å². The van der Waals surface area contributed by atoms with Crippen molar-refractivity contribution in [1.29, 1.82) is 0 Å². The molecule has 0 unspecified atom stereocenters. The quantitative estimate of drug-likeness (QED) is 0.741. The van der Waals surface area contributed by atoms with Gasteiger partial charge in [0.05, 0.1) is 0 Å². The molecule has 0 spiro atoms. The summed E-state index contributed by atoms with van der Waals surface area (Å²) >= 11 is 0. The molecule has 3 aromatic rings. The van der Waals surface area contributed by atoms with Crippen LogP contribution in [0.1, 0.15) is 57.8 Å². The highest BCUT2D eigenvalue weighted by Gasteiger charge is 2.22. The Kier molecular flexibility index (Phi) is 4.68. The van der Waals surface area contributed by atoms with E-state index in [2.05, 4.69) is 46.4 Å². The van der Waals surface area contributed by atoms with E-state index in [9.17, 15) is 0 Å². The Balaban J connectivity index is 1.52. The van der Waals surface area contributed by atoms with Gasteiger partial charge in [-0.05, 0) is 43.9 Å². The standard InChI is InChI=1S/C20H26N6O/c1-20(2,3)19-24-23-17-11-10-16(25-26(17)19)22-13-14-7-6-12-21-18(14)27-15-8-4-5-9-15/h6-7,10-12,15H,4-5,8-9,13H2,1-3H3,(H,22,25). The fourth-order valence-electron chi connectivity index (χ4n) is 3.37. The van der Waals surface area contributed by atoms with Crippen LogP contribution in [0.2, 0.25) is 0 Å². The van der Waals surface area contributed by atoms with Crippen molar-refractivity contribution in [3.63, 3.8) is 0 Å². The zero-order valence-corrected chi connectivity index (χ0v) is 16.1. The van der Waals surface area contributed by atoms with Gasteiger partial charge in [-0.3, -0.25) is 0 Å². The summed E-state index contributed by atoms with van der Waals surface area (Å²) in [7, 11) is 0. The second-order valence-corrected chi connectivity index (χ2v) is 8.11. The summed E-state index contributed by atoms with van der Waals surface area (Å²) in [5.74, 6) is 2.33. The minimum Gasteiger partial charge on any atom is -0.474 e. The molecule has 7 heteroatoms. The predicted molar refractivity (Wildman–Crippen MR) is 104 cm³/mol. The number of nitrogens with zero attached hydrogens (tertiary/aromatic N) is 5. The zero-order valence-electron chi connectivity index (χ0n) is 16.1. The number of hydrogen-bond acceptors (Lipinski definition) is 6. The van der Waals surface area contributed by atoms with Gasteiger partial charge in [-0.1, -0.05) is 26.8 Å². The SMILES string of the molecule is CC(C)(C)c1nnc2ccc(NCc3cccnc3OC3CCCC3)nn12. The molecular weight excluding hydrogens is 340 g/mol. The van der Waals surface area contributed by atoms with E-state index in [1.807, 2.05) is 28.8 Å². The van der Waals surface area contributed by atoms with Gasteiger partial charge in [-0.25, -0.2) is 4.98 Å². The third-order valence-corrected chi connectivity index (χ3v) is 4.82. The van der Waals surface area contributed by atoms with Gasteiger partial charge in [0.15, 0.2) is 11.5 Å². The molecule has 0 saturated heterocycles. The first-order chi connectivity index (χ1) is 13.0. The van der Waals surface area contributed by atoms with E-state index in [0.717, 1.165) is 41.6 Å². The molecule has 1 aliphatic carbocycles. The first kappa shape index (κ1) is 17.7. The fourth-order valence-corrected chi connectivity index (χ4v) is 3.37. The summed E-state index contributed by atoms with van der Waals surface area (Å²) in [6, 6.07) is 7.83. The molecule has 1 saturated carbocycles. The first-order valence-corrected chi connectivity index (χ1v) is 9.58. The molecule has 3 heterocycles. The maximum Gasteiger partial charge on any atom is 0.218 e. The van der Waals surface area contributed by atoms with Gasteiger partial charge in [0, 0.05) is 23.7 Å². The number of ether oxygens (including phenoxy) is 1. The molecule has 27 heavy (non-hydrogen) atoms. The summed E-state index contributed by atoms with van der Waals surface area (Å²) < 4.78 is 7.93. The lowest BCUT2D eigenvalue weighted by Crippen LogP contribution is -2.18. The van der Waals surface area contributed by atoms with Crippen molar-refractivity contribution in [3.8, 4) is 5.88 Å². The van der Waals surface area contributed by atoms with Crippen LogP contribution in [-0.2, 0) is 12.0 Å². The summed E-state index contributed by atoms with van der Waals surface area (Å²) in [5, 5.41) is 16.5. The first-order valence-electron chi connectivity index (χ1n) is 9.58. The smallest absolute Gasteiger partial charge is 0.218 e. The Morgan fingerprint density at radius 1 is 1.15 bits per heavy atom. The Morgan fingerprint density at radius 2 is 1.96 bits per heavy atom. The van der Waals surface area contributed by atoms with E-state index in [1.54, 1.807) is 6.20 Å². The summed E-state index contributed by atoms with van der Waals surface area (Å²) in [5.41, 5.74) is 1.65. The maximum atomic E-state index is 6.12. The van der Waals surface area contributed by atoms with Crippen molar-refractivity contribution >= 4 is 11.5 Å². The van der Waals surface area contributed by atoms with Crippen molar-refractivity contribution < 1.29 is 4.74 Å². The second kappa shape index (κ2) is 7.13. The van der Waals surface area contributed by atoms with Crippen molar-refractivity contribution in [2.75, 3.05) is 5.32 Å². The van der Waals surface area contributed by atoms with Gasteiger partial charge < -0.3 is 10.1 Å². The van der Waals surface area contributed by atoms with E-state index in [1.165, 1.54) is 12.8 Å². The third-order valence-electron chi connectivity index (χ3n) is 4.82. The van der Waals surface area contributed by atoms with Crippen LogP contribution in [-0.4, -0.2) is 30.9 Å². The number of fused-ring (bicyclic) bond motifs is 1. The Bertz CT molecular complexity index is 924. The van der Waals surface area contributed by atoms with Crippen LogP contribution in [0.25, 0.3) is 5.65 Å². The number of pyridine rings is 1. The number of hydrogen-bond donors (Lipinski definition) is 1. The highest BCUT2D eigenvalue weighted by Crippen LogP contribution is 2.25. The third kappa shape index (κ3) is 3.86. The molecule has 1 aliphatic rings. The Labute approximate surface area is 159 Å². The average Bonchev–Trinajstić information content (AvgIpc) is 3.29. The maximum absolute atomic E-state index is 6.12. The van der Waals surface area contributed by atoms with Gasteiger partial charge in [0.2, 0.25) is 5.88 Å². The molecule has 0 bridgehead atoms. The molecule has 7 nitrogen and oxygen atoms in total. The lowest BCUT2D eigenvalue weighted by Gasteiger charge is -2.16. The molecule has 0 aliphatic heterocycles. The van der Waals surface area contributed by atoms with E-state index >= 15 is 0 Å². The van der Waals surface area contributed by atoms with Crippen LogP contribution in [0, 0.1) is 0 Å². The van der Waals surface area contributed by atoms with Gasteiger partial charge in [-0.15, -0.1) is 15.3 Å². The predicted octanol–water partition coefficient (Wildman–Crippen LogP) is 3.75. The van der Waals surface area contributed by atoms with Crippen molar-refractivity contribution in [2.45, 2.75) is 64.5 Å². The molecule has 1 fully saturated rings. The Morgan fingerprint density at radius 3 is 2.74 bits per heavy atom. The number of anilines is 1. The van der Waals surface area contributed by atoms with E-state index in [0.29, 0.717) is 12.6 Å². The summed E-state index contributed by atoms with van der Waals surface area (Å²) in [4.78, 5) is 4.43. The molecule has 4 rings (SSSR count). The molecule has 0 amide bonds. The molecule has 142 valence electrons. The normalized spacial score (nSPS) is 15.4. The topological polar surface area (TPSA) is 77.2 Å². The largest absolute Gasteiger partial charge is 0.474 e. The van der Waals surface area contributed by atoms with Crippen LogP contribution >= 0.6 is 0 Å². The Hall–Kier alpha value is -2.70. The molecule has 3 aromatic heterocycles. The van der Waals surface area contributed by atoms with E-state index in [4.69, 9.17) is 4.74 Å². The summed E-state index contributed by atoms with van der Waals surface area (Å²) in [6.45, 7) is 6.91. The van der Waals surface area contributed by atoms with Gasteiger partial charge in [0.25, 0.3) is 0 Å². The van der Waals surface area contributed by atoms with E-state index < -0.39 is 0 Å². The van der Waals surface area contributed by atoms with Crippen LogP contribution in [0.5, 0.6) is 5.88 Å². The van der Waals surface area contributed by atoms with Crippen molar-refractivity contribution in [3.05, 3.63) is 41.9 Å². The second-order valence-electron chi connectivity index (χ2n) is 8.11. The molecule has 0 atom stereocenters. The van der Waals surface area contributed by atoms with Gasteiger partial charge in [-0.2, -0.15) is 4.52 Å². The highest BCUT2D eigenvalue weighted by molar-refractivity contribution is 5.45. The van der Waals surface area contributed by atoms with Gasteiger partial charge in [0.1, 0.15) is 11.9 Å². The minimum absolute atomic E-state index is 0.128. The monoisotopic (exact) mass is 366 g/mol. The molecular formula is C20H26N6O. The van der Waals surface area contributed by atoms with Crippen LogP contribution in [0.15, 0.2) is 30.5 Å². The van der Waals surface area contributed by atoms with Crippen LogP contribution in [0.4, 0.5) is 5.82 Å². The van der Waals surface area contributed by atoms with Crippen molar-refractivity contribution in [2.24, 2.45) is 0 Å². The van der Waals surface area contributed by atoms with Crippen LogP contribution in [0.3, 0.4) is 0 Å². The summed E-state index contributed by atoms with van der Waals surface area (Å²) in [6.07, 6.45) is 6.79. The number of nitrogens with one attached hydrogen (secondary N) is 1. The lowest BCUT2D eigenvalue weighted by atomic mass is 9.96. The van der Waals surface area contributed by atoms with Gasteiger partial charge >= 0.3 is 0 Å². The fraction of sp³-hybridized carbons (Fsp3) is 0.500. The minimum atomic E-state index is -0.128. The molecule has 0 aromatic carbocycles. The number of rotatable bonds is 5. The molecule has 0 radical (unpaired) electrons. The van der Waals surface area contributed by atoms with E-state index in [-0.39, 0.29) is 5.41 Å². The number of aromatic nitrogens is 5. The van der Waals surface area contributed by atoms with Crippen LogP contribution < -0.4 is 10.1 Å². The lowest BCUT2D eigenvalue weighted by molar-refractivity contribution is 0.199. The average molecular weight is 366 g/mol. The zero-order chi connectivity index (χ0) is 18.9.